The Kier molecular flexibility index (Phi) is 2.60. The van der Waals surface area contributed by atoms with Crippen LogP contribution < -0.4 is 11.3 Å². The summed E-state index contributed by atoms with van der Waals surface area (Å²) in [7, 11) is 0. The summed E-state index contributed by atoms with van der Waals surface area (Å²) in [4.78, 5) is 8.20. The van der Waals surface area contributed by atoms with Crippen LogP contribution in [-0.4, -0.2) is 9.97 Å². The molecule has 3 N–H and O–H groups in total. The number of hydrogen-bond donors (Lipinski definition) is 2. The standard InChI is InChI=1S/C11H12N4/c1-8-2-4-9(5-3-8)10-6-7-13-11(14-10)15-12/h2-7H,12H2,1H3,(H,13,14,15). The van der Waals surface area contributed by atoms with E-state index >= 15 is 0 Å². The predicted molar refractivity (Wildman–Crippen MR) is 60.0 cm³/mol. The Morgan fingerprint density at radius 1 is 1.13 bits per heavy atom. The quantitative estimate of drug-likeness (QED) is 0.572. The summed E-state index contributed by atoms with van der Waals surface area (Å²) in [6.07, 6.45) is 1.68. The molecule has 1 aromatic heterocycles. The number of hydrazine groups is 1. The van der Waals surface area contributed by atoms with Crippen molar-refractivity contribution in [2.75, 3.05) is 5.43 Å². The molecule has 1 heterocycles. The van der Waals surface area contributed by atoms with Crippen LogP contribution in [0.1, 0.15) is 5.56 Å². The van der Waals surface area contributed by atoms with Crippen LogP contribution in [0, 0.1) is 6.92 Å². The fourth-order valence-corrected chi connectivity index (χ4v) is 1.31. The minimum Gasteiger partial charge on any atom is -0.292 e. The van der Waals surface area contributed by atoms with Gasteiger partial charge in [0.15, 0.2) is 0 Å². The molecule has 0 unspecified atom stereocenters. The summed E-state index contributed by atoms with van der Waals surface area (Å²) < 4.78 is 0. The van der Waals surface area contributed by atoms with Gasteiger partial charge in [-0.1, -0.05) is 29.8 Å². The molecule has 4 heteroatoms. The van der Waals surface area contributed by atoms with Crippen LogP contribution in [0.25, 0.3) is 11.3 Å². The van der Waals surface area contributed by atoms with E-state index < -0.39 is 0 Å². The lowest BCUT2D eigenvalue weighted by Gasteiger charge is -2.03. The van der Waals surface area contributed by atoms with Crippen LogP contribution in [0.4, 0.5) is 5.95 Å². The number of rotatable bonds is 2. The Hall–Kier alpha value is -1.94. The van der Waals surface area contributed by atoms with Crippen LogP contribution in [0.5, 0.6) is 0 Å². The summed E-state index contributed by atoms with van der Waals surface area (Å²) in [5, 5.41) is 0. The van der Waals surface area contributed by atoms with Gasteiger partial charge in [0.25, 0.3) is 0 Å². The van der Waals surface area contributed by atoms with Gasteiger partial charge in [-0.05, 0) is 13.0 Å². The first-order valence-corrected chi connectivity index (χ1v) is 4.66. The molecule has 0 bridgehead atoms. The fraction of sp³-hybridized carbons (Fsp3) is 0.0909. The lowest BCUT2D eigenvalue weighted by molar-refractivity contribution is 1.12. The number of hydrogen-bond acceptors (Lipinski definition) is 4. The number of anilines is 1. The summed E-state index contributed by atoms with van der Waals surface area (Å²) >= 11 is 0. The van der Waals surface area contributed by atoms with E-state index in [1.54, 1.807) is 6.20 Å². The van der Waals surface area contributed by atoms with Crippen molar-refractivity contribution in [2.24, 2.45) is 5.84 Å². The van der Waals surface area contributed by atoms with E-state index in [0.717, 1.165) is 11.3 Å². The van der Waals surface area contributed by atoms with Gasteiger partial charge >= 0.3 is 0 Å². The zero-order valence-corrected chi connectivity index (χ0v) is 8.44. The van der Waals surface area contributed by atoms with Crippen molar-refractivity contribution in [3.8, 4) is 11.3 Å². The van der Waals surface area contributed by atoms with E-state index in [1.165, 1.54) is 5.56 Å². The van der Waals surface area contributed by atoms with E-state index in [9.17, 15) is 0 Å². The third-order valence-corrected chi connectivity index (χ3v) is 2.13. The normalized spacial score (nSPS) is 10.0. The number of nitrogens with two attached hydrogens (primary N) is 1. The second kappa shape index (κ2) is 4.06. The number of nitrogens with one attached hydrogen (secondary N) is 1. The molecular weight excluding hydrogens is 188 g/mol. The van der Waals surface area contributed by atoms with Crippen molar-refractivity contribution in [1.82, 2.24) is 9.97 Å². The molecule has 0 spiro atoms. The first kappa shape index (κ1) is 9.61. The molecule has 0 amide bonds. The van der Waals surface area contributed by atoms with Crippen LogP contribution in [0.3, 0.4) is 0 Å². The largest absolute Gasteiger partial charge is 0.292 e. The lowest BCUT2D eigenvalue weighted by Crippen LogP contribution is -2.10. The molecule has 2 rings (SSSR count). The molecule has 0 aliphatic rings. The molecule has 0 saturated carbocycles. The molecule has 0 atom stereocenters. The van der Waals surface area contributed by atoms with Crippen molar-refractivity contribution < 1.29 is 0 Å². The SMILES string of the molecule is Cc1ccc(-c2ccnc(NN)n2)cc1. The van der Waals surface area contributed by atoms with Crippen molar-refractivity contribution >= 4 is 5.95 Å². The van der Waals surface area contributed by atoms with Gasteiger partial charge in [-0.3, -0.25) is 5.43 Å². The fourth-order valence-electron chi connectivity index (χ4n) is 1.31. The Bertz CT molecular complexity index is 450. The first-order valence-electron chi connectivity index (χ1n) is 4.66. The maximum Gasteiger partial charge on any atom is 0.237 e. The summed E-state index contributed by atoms with van der Waals surface area (Å²) in [5.41, 5.74) is 5.57. The van der Waals surface area contributed by atoms with E-state index in [1.807, 2.05) is 30.3 Å². The zero-order valence-electron chi connectivity index (χ0n) is 8.44. The van der Waals surface area contributed by atoms with Gasteiger partial charge in [0.05, 0.1) is 5.69 Å². The van der Waals surface area contributed by atoms with E-state index in [0.29, 0.717) is 5.95 Å². The van der Waals surface area contributed by atoms with Crippen LogP contribution in [0.2, 0.25) is 0 Å². The molecule has 2 aromatic rings. The third kappa shape index (κ3) is 2.11. The Morgan fingerprint density at radius 2 is 1.87 bits per heavy atom. The molecular formula is C11H12N4. The molecule has 0 aliphatic heterocycles. The van der Waals surface area contributed by atoms with Crippen LogP contribution in [-0.2, 0) is 0 Å². The van der Waals surface area contributed by atoms with Crippen molar-refractivity contribution in [3.63, 3.8) is 0 Å². The predicted octanol–water partition coefficient (Wildman–Crippen LogP) is 1.74. The number of nitrogens with zero attached hydrogens (tertiary/aromatic N) is 2. The molecule has 0 fully saturated rings. The van der Waals surface area contributed by atoms with Gasteiger partial charge in [-0.2, -0.15) is 0 Å². The van der Waals surface area contributed by atoms with Crippen molar-refractivity contribution in [3.05, 3.63) is 42.1 Å². The highest BCUT2D eigenvalue weighted by molar-refractivity contribution is 5.60. The molecule has 0 aliphatic carbocycles. The van der Waals surface area contributed by atoms with Gasteiger partial charge in [-0.15, -0.1) is 0 Å². The van der Waals surface area contributed by atoms with Gasteiger partial charge in [0.2, 0.25) is 5.95 Å². The molecule has 0 saturated heterocycles. The van der Waals surface area contributed by atoms with Gasteiger partial charge < -0.3 is 0 Å². The van der Waals surface area contributed by atoms with E-state index in [2.05, 4.69) is 22.3 Å². The number of aryl methyl sites for hydroxylation is 1. The number of aromatic nitrogens is 2. The van der Waals surface area contributed by atoms with Gasteiger partial charge in [0, 0.05) is 11.8 Å². The number of nitrogen functional groups attached to an aromatic ring is 1. The van der Waals surface area contributed by atoms with Crippen LogP contribution in [0.15, 0.2) is 36.5 Å². The van der Waals surface area contributed by atoms with Crippen LogP contribution >= 0.6 is 0 Å². The first-order chi connectivity index (χ1) is 7.29. The maximum atomic E-state index is 5.25. The average molecular weight is 200 g/mol. The Balaban J connectivity index is 2.40. The monoisotopic (exact) mass is 200 g/mol. The smallest absolute Gasteiger partial charge is 0.237 e. The van der Waals surface area contributed by atoms with E-state index in [-0.39, 0.29) is 0 Å². The average Bonchev–Trinajstić information content (AvgIpc) is 2.30. The maximum absolute atomic E-state index is 5.25. The molecule has 4 nitrogen and oxygen atoms in total. The third-order valence-electron chi connectivity index (χ3n) is 2.13. The Morgan fingerprint density at radius 3 is 2.53 bits per heavy atom. The van der Waals surface area contributed by atoms with Gasteiger partial charge in [-0.25, -0.2) is 15.8 Å². The lowest BCUT2D eigenvalue weighted by atomic mass is 10.1. The highest BCUT2D eigenvalue weighted by Crippen LogP contribution is 2.17. The summed E-state index contributed by atoms with van der Waals surface area (Å²) in [6.45, 7) is 2.05. The second-order valence-corrected chi connectivity index (χ2v) is 3.28. The summed E-state index contributed by atoms with van der Waals surface area (Å²) in [6, 6.07) is 10.0. The van der Waals surface area contributed by atoms with E-state index in [4.69, 9.17) is 5.84 Å². The molecule has 0 radical (unpaired) electrons. The minimum absolute atomic E-state index is 0.424. The minimum atomic E-state index is 0.424. The number of benzene rings is 1. The van der Waals surface area contributed by atoms with Crippen molar-refractivity contribution in [1.29, 1.82) is 0 Å². The molecule has 76 valence electrons. The second-order valence-electron chi connectivity index (χ2n) is 3.28. The molecule has 15 heavy (non-hydrogen) atoms. The highest BCUT2D eigenvalue weighted by Gasteiger charge is 2.00. The summed E-state index contributed by atoms with van der Waals surface area (Å²) in [5.74, 6) is 5.67. The topological polar surface area (TPSA) is 63.8 Å². The van der Waals surface area contributed by atoms with Crippen molar-refractivity contribution in [2.45, 2.75) is 6.92 Å². The molecule has 1 aromatic carbocycles. The zero-order chi connectivity index (χ0) is 10.7. The Labute approximate surface area is 88.2 Å². The highest BCUT2D eigenvalue weighted by atomic mass is 15.3. The van der Waals surface area contributed by atoms with Gasteiger partial charge in [0.1, 0.15) is 0 Å².